The van der Waals surface area contributed by atoms with Crippen LogP contribution in [0.3, 0.4) is 0 Å². The Morgan fingerprint density at radius 3 is 2.68 bits per heavy atom. The number of ether oxygens (including phenoxy) is 2. The number of nitrogens with one attached hydrogen (secondary N) is 1. The van der Waals surface area contributed by atoms with Gasteiger partial charge in [0.25, 0.3) is 0 Å². The van der Waals surface area contributed by atoms with E-state index >= 15 is 0 Å². The second kappa shape index (κ2) is 7.93. The molecule has 0 radical (unpaired) electrons. The van der Waals surface area contributed by atoms with Gasteiger partial charge in [0.05, 0.1) is 12.0 Å². The minimum absolute atomic E-state index is 0.0488. The molecule has 0 bridgehead atoms. The molecule has 31 heavy (non-hydrogen) atoms. The largest absolute Gasteiger partial charge is 0.387 e. The van der Waals surface area contributed by atoms with Gasteiger partial charge in [0.15, 0.2) is 6.23 Å². The van der Waals surface area contributed by atoms with E-state index in [4.69, 9.17) is 30.9 Å². The Balaban J connectivity index is 1.35. The van der Waals surface area contributed by atoms with Crippen molar-refractivity contribution in [2.75, 3.05) is 18.3 Å². The summed E-state index contributed by atoms with van der Waals surface area (Å²) in [4.78, 5) is 26.4. The van der Waals surface area contributed by atoms with Crippen molar-refractivity contribution in [3.63, 3.8) is 0 Å². The van der Waals surface area contributed by atoms with Gasteiger partial charge in [-0.05, 0) is 48.8 Å². The first-order valence-corrected chi connectivity index (χ1v) is 12.3. The van der Waals surface area contributed by atoms with Crippen LogP contribution in [0.25, 0.3) is 11.0 Å². The van der Waals surface area contributed by atoms with Gasteiger partial charge in [-0.15, -0.1) is 0 Å². The zero-order valence-electron chi connectivity index (χ0n) is 16.4. The van der Waals surface area contributed by atoms with Gasteiger partial charge in [0, 0.05) is 12.2 Å². The second-order valence-electron chi connectivity index (χ2n) is 8.58. The third-order valence-corrected chi connectivity index (χ3v) is 6.97. The Labute approximate surface area is 182 Å². The molecule has 5 N–H and O–H groups in total. The molecule has 3 fully saturated rings. The Kier molecular flexibility index (Phi) is 5.51. The topological polar surface area (TPSA) is 159 Å². The predicted molar refractivity (Wildman–Crippen MR) is 110 cm³/mol. The monoisotopic (exact) mass is 474 g/mol. The van der Waals surface area contributed by atoms with Crippen molar-refractivity contribution >= 4 is 36.0 Å². The second-order valence-corrected chi connectivity index (χ2v) is 10.5. The number of hydrogen-bond donors (Lipinski definition) is 5. The Hall–Kier alpha value is -1.30. The third kappa shape index (κ3) is 4.34. The van der Waals surface area contributed by atoms with E-state index in [1.807, 2.05) is 0 Å². The molecule has 2 aliphatic carbocycles. The number of hydrogen-bond acceptors (Lipinski definition) is 8. The molecule has 2 aromatic heterocycles. The number of aliphatic hydroxyl groups excluding tert-OH is 2. The molecule has 0 aromatic carbocycles. The Morgan fingerprint density at radius 1 is 1.23 bits per heavy atom. The lowest BCUT2D eigenvalue weighted by Crippen LogP contribution is -2.33. The van der Waals surface area contributed by atoms with Gasteiger partial charge >= 0.3 is 7.60 Å². The normalized spacial score (nSPS) is 34.9. The van der Waals surface area contributed by atoms with Crippen LogP contribution < -0.4 is 5.32 Å². The van der Waals surface area contributed by atoms with Crippen LogP contribution in [0.5, 0.6) is 0 Å². The van der Waals surface area contributed by atoms with E-state index in [2.05, 4.69) is 15.3 Å². The molecule has 2 unspecified atom stereocenters. The maximum Gasteiger partial charge on any atom is 0.350 e. The SMILES string of the molecule is O=P(O)(O)COC[C@H]1O[C@@H](n2ccc3c(NC4CC5CC5C4)nc(Cl)nc32)[C@H](O)[C@@H]1O. The predicted octanol–water partition coefficient (Wildman–Crippen LogP) is 1.07. The van der Waals surface area contributed by atoms with Crippen molar-refractivity contribution in [3.8, 4) is 0 Å². The first-order chi connectivity index (χ1) is 14.7. The number of rotatable bonds is 7. The fraction of sp³-hybridized carbons (Fsp3) is 0.667. The number of aromatic nitrogens is 3. The number of nitrogens with zero attached hydrogens (tertiary/aromatic N) is 3. The van der Waals surface area contributed by atoms with Crippen LogP contribution in [0, 0.1) is 11.8 Å². The zero-order chi connectivity index (χ0) is 21.9. The number of fused-ring (bicyclic) bond motifs is 2. The van der Waals surface area contributed by atoms with E-state index < -0.39 is 38.5 Å². The fourth-order valence-corrected chi connectivity index (χ4v) is 5.24. The molecule has 2 saturated carbocycles. The lowest BCUT2D eigenvalue weighted by atomic mass is 10.1. The van der Waals surface area contributed by atoms with Gasteiger partial charge in [-0.2, -0.15) is 4.98 Å². The minimum atomic E-state index is -4.34. The molecular formula is C18H24ClN4O7P. The van der Waals surface area contributed by atoms with E-state index in [9.17, 15) is 14.8 Å². The maximum absolute atomic E-state index is 10.9. The highest BCUT2D eigenvalue weighted by Gasteiger charge is 2.46. The van der Waals surface area contributed by atoms with E-state index in [0.717, 1.165) is 30.1 Å². The summed E-state index contributed by atoms with van der Waals surface area (Å²) in [7, 11) is -4.34. The van der Waals surface area contributed by atoms with Crippen molar-refractivity contribution in [2.45, 2.75) is 49.8 Å². The summed E-state index contributed by atoms with van der Waals surface area (Å²) in [5.41, 5.74) is 0.443. The fourth-order valence-electron chi connectivity index (χ4n) is 4.73. The van der Waals surface area contributed by atoms with Gasteiger partial charge in [-0.3, -0.25) is 4.57 Å². The summed E-state index contributed by atoms with van der Waals surface area (Å²) < 4.78 is 23.2. The highest BCUT2D eigenvalue weighted by atomic mass is 35.5. The van der Waals surface area contributed by atoms with Crippen molar-refractivity contribution in [3.05, 3.63) is 17.5 Å². The van der Waals surface area contributed by atoms with Crippen LogP contribution >= 0.6 is 19.2 Å². The van der Waals surface area contributed by atoms with Crippen LogP contribution in [-0.4, -0.2) is 71.8 Å². The van der Waals surface area contributed by atoms with Gasteiger partial charge in [0.1, 0.15) is 36.1 Å². The summed E-state index contributed by atoms with van der Waals surface area (Å²) >= 11 is 6.17. The molecule has 0 spiro atoms. The van der Waals surface area contributed by atoms with Gasteiger partial charge in [0.2, 0.25) is 5.28 Å². The van der Waals surface area contributed by atoms with E-state index in [1.165, 1.54) is 6.42 Å². The summed E-state index contributed by atoms with van der Waals surface area (Å²) in [6.45, 7) is -0.286. The van der Waals surface area contributed by atoms with Gasteiger partial charge in [-0.25, -0.2) is 4.98 Å². The van der Waals surface area contributed by atoms with Crippen LogP contribution in [0.1, 0.15) is 25.5 Å². The number of anilines is 1. The van der Waals surface area contributed by atoms with E-state index in [0.29, 0.717) is 17.5 Å². The molecule has 1 aliphatic heterocycles. The maximum atomic E-state index is 10.9. The summed E-state index contributed by atoms with van der Waals surface area (Å²) in [5, 5.41) is 25.1. The molecule has 0 amide bonds. The molecule has 170 valence electrons. The van der Waals surface area contributed by atoms with Crippen LogP contribution in [0.2, 0.25) is 5.28 Å². The Morgan fingerprint density at radius 2 is 1.97 bits per heavy atom. The molecule has 1 saturated heterocycles. The first kappa shape index (κ1) is 21.5. The summed E-state index contributed by atoms with van der Waals surface area (Å²) in [6.07, 6.45) is -0.140. The number of aliphatic hydroxyl groups is 2. The summed E-state index contributed by atoms with van der Waals surface area (Å²) in [6, 6.07) is 2.14. The average molecular weight is 475 g/mol. The first-order valence-electron chi connectivity index (χ1n) is 10.1. The van der Waals surface area contributed by atoms with Crippen LogP contribution in [0.4, 0.5) is 5.82 Å². The smallest absolute Gasteiger partial charge is 0.350 e. The zero-order valence-corrected chi connectivity index (χ0v) is 18.1. The van der Waals surface area contributed by atoms with Crippen molar-refractivity contribution < 1.29 is 34.0 Å². The molecule has 11 nitrogen and oxygen atoms in total. The molecule has 3 aliphatic rings. The molecule has 3 heterocycles. The lowest BCUT2D eigenvalue weighted by Gasteiger charge is -2.19. The molecule has 6 atom stereocenters. The molecule has 2 aromatic rings. The van der Waals surface area contributed by atoms with Crippen LogP contribution in [0.15, 0.2) is 12.3 Å². The number of halogens is 1. The van der Waals surface area contributed by atoms with Crippen molar-refractivity contribution in [1.29, 1.82) is 0 Å². The molecule has 13 heteroatoms. The quantitative estimate of drug-likeness (QED) is 0.290. The highest BCUT2D eigenvalue weighted by molar-refractivity contribution is 7.51. The highest BCUT2D eigenvalue weighted by Crippen LogP contribution is 2.52. The standard InChI is InChI=1S/C18H24ClN4O7P/c19-18-21-15(20-10-4-8-3-9(8)5-10)11-1-2-23(16(11)22-18)17-14(25)13(24)12(30-17)6-29-7-31(26,27)28/h1-2,8-10,12-14,17,24-25H,3-7H2,(H,20,21,22)(H2,26,27,28)/t8?,9?,10?,12-,13-,14-,17-/m1/s1. The molecule has 5 rings (SSSR count). The molecular weight excluding hydrogens is 451 g/mol. The van der Waals surface area contributed by atoms with E-state index in [-0.39, 0.29) is 11.9 Å². The van der Waals surface area contributed by atoms with Crippen molar-refractivity contribution in [2.24, 2.45) is 11.8 Å². The van der Waals surface area contributed by atoms with E-state index in [1.54, 1.807) is 16.8 Å². The van der Waals surface area contributed by atoms with Gasteiger partial charge < -0.3 is 39.4 Å². The lowest BCUT2D eigenvalue weighted by molar-refractivity contribution is -0.0610. The van der Waals surface area contributed by atoms with Crippen molar-refractivity contribution in [1.82, 2.24) is 14.5 Å². The summed E-state index contributed by atoms with van der Waals surface area (Å²) in [5.74, 6) is 2.24. The van der Waals surface area contributed by atoms with Crippen LogP contribution in [-0.2, 0) is 14.0 Å². The minimum Gasteiger partial charge on any atom is -0.387 e. The Bertz CT molecular complexity index is 1020. The average Bonchev–Trinajstić information content (AvgIpc) is 2.98. The third-order valence-electron chi connectivity index (χ3n) is 6.28. The van der Waals surface area contributed by atoms with Gasteiger partial charge in [-0.1, -0.05) is 0 Å².